The van der Waals surface area contributed by atoms with Crippen molar-refractivity contribution in [2.75, 3.05) is 6.61 Å². The molecule has 3 aromatic rings. The van der Waals surface area contributed by atoms with Gasteiger partial charge in [-0.05, 0) is 23.6 Å². The molecule has 0 aromatic heterocycles. The first-order valence-electron chi connectivity index (χ1n) is 12.8. The first kappa shape index (κ1) is 45.5. The second kappa shape index (κ2) is 41.7. The predicted octanol–water partition coefficient (Wildman–Crippen LogP) is 10.4. The summed E-state index contributed by atoms with van der Waals surface area (Å²) in [5.41, 5.74) is 3.63. The summed E-state index contributed by atoms with van der Waals surface area (Å²) in [4.78, 5) is 0. The Morgan fingerprint density at radius 1 is 0.568 bits per heavy atom. The van der Waals surface area contributed by atoms with Crippen LogP contribution in [-0.4, -0.2) is 11.7 Å². The van der Waals surface area contributed by atoms with Crippen molar-refractivity contribution >= 4 is 18.2 Å². The molecule has 0 heterocycles. The first-order chi connectivity index (χ1) is 17.3. The van der Waals surface area contributed by atoms with E-state index in [1.807, 2.05) is 127 Å². The van der Waals surface area contributed by atoms with Crippen molar-refractivity contribution in [3.05, 3.63) is 133 Å². The van der Waals surface area contributed by atoms with E-state index < -0.39 is 0 Å². The summed E-state index contributed by atoms with van der Waals surface area (Å²) in [6, 6.07) is 30.4. The third kappa shape index (κ3) is 32.6. The Bertz CT molecular complexity index is 780. The maximum absolute atomic E-state index is 8.44. The third-order valence-corrected chi connectivity index (χ3v) is 3.65. The third-order valence-electron chi connectivity index (χ3n) is 3.65. The summed E-state index contributed by atoms with van der Waals surface area (Å²) in [7, 11) is 0. The molecule has 0 aliphatic rings. The van der Waals surface area contributed by atoms with E-state index in [0.717, 1.165) is 12.0 Å². The van der Waals surface area contributed by atoms with Crippen molar-refractivity contribution in [3.8, 4) is 0 Å². The largest absolute Gasteiger partial charge is 0.392 e. The minimum atomic E-state index is 0. The summed E-state index contributed by atoms with van der Waals surface area (Å²) >= 11 is 0. The molecule has 0 unspecified atom stereocenters. The summed E-state index contributed by atoms with van der Waals surface area (Å²) in [5.74, 6) is 0. The Hall–Kier alpha value is -1.37. The fourth-order valence-electron chi connectivity index (χ4n) is 2.29. The normalized spacial score (nSPS) is 8.68. The van der Waals surface area contributed by atoms with Crippen LogP contribution in [0.3, 0.4) is 0 Å². The van der Waals surface area contributed by atoms with E-state index in [9.17, 15) is 0 Å². The maximum Gasteiger partial charge on any atom is 0.0615 e. The van der Waals surface area contributed by atoms with Crippen molar-refractivity contribution in [2.24, 2.45) is 0 Å². The van der Waals surface area contributed by atoms with Gasteiger partial charge in [-0.1, -0.05) is 163 Å². The molecule has 0 atom stereocenters. The zero-order valence-corrected chi connectivity index (χ0v) is 30.0. The van der Waals surface area contributed by atoms with Gasteiger partial charge in [0.25, 0.3) is 0 Å². The van der Waals surface area contributed by atoms with Crippen LogP contribution in [0, 0.1) is 6.92 Å². The molecule has 1 N–H and O–H groups in total. The molecule has 0 bridgehead atoms. The van der Waals surface area contributed by atoms with Gasteiger partial charge in [0, 0.05) is 53.8 Å². The summed E-state index contributed by atoms with van der Waals surface area (Å²) < 4.78 is 0. The van der Waals surface area contributed by atoms with Gasteiger partial charge in [-0.15, -0.1) is 6.08 Å². The molecule has 3 aromatic carbocycles. The fraction of sp³-hybridized carbons (Fsp3) is 0.265. The Labute approximate surface area is 269 Å². The molecule has 0 aliphatic carbocycles. The minimum absolute atomic E-state index is 0. The van der Waals surface area contributed by atoms with Crippen molar-refractivity contribution in [1.29, 1.82) is 0 Å². The van der Waals surface area contributed by atoms with E-state index in [1.165, 1.54) is 11.1 Å². The molecule has 0 saturated carbocycles. The fourth-order valence-corrected chi connectivity index (χ4v) is 2.29. The molecule has 0 spiro atoms. The number of allylic oxidation sites excluding steroid dienone is 2. The van der Waals surface area contributed by atoms with Gasteiger partial charge in [0.15, 0.2) is 0 Å². The van der Waals surface area contributed by atoms with Crippen molar-refractivity contribution in [1.82, 2.24) is 0 Å². The van der Waals surface area contributed by atoms with E-state index in [1.54, 1.807) is 6.08 Å². The molecule has 0 aliphatic heterocycles. The van der Waals surface area contributed by atoms with E-state index >= 15 is 0 Å². The second-order valence-corrected chi connectivity index (χ2v) is 6.01. The van der Waals surface area contributed by atoms with Gasteiger partial charge in [0.2, 0.25) is 0 Å². The van der Waals surface area contributed by atoms with Crippen LogP contribution in [-0.2, 0) is 53.8 Å². The van der Waals surface area contributed by atoms with Crippen LogP contribution in [0.5, 0.6) is 0 Å². The van der Waals surface area contributed by atoms with Crippen LogP contribution in [0.2, 0.25) is 0 Å². The molecular formula is C34H49OWY-. The van der Waals surface area contributed by atoms with Crippen LogP contribution in [0.4, 0.5) is 0 Å². The number of rotatable bonds is 5. The molecule has 3 heteroatoms. The molecular weight excluding hydrogens is 697 g/mol. The van der Waals surface area contributed by atoms with E-state index in [4.69, 9.17) is 5.11 Å². The monoisotopic (exact) mass is 746 g/mol. The van der Waals surface area contributed by atoms with Crippen molar-refractivity contribution in [3.63, 3.8) is 0 Å². The van der Waals surface area contributed by atoms with Crippen LogP contribution in [0.25, 0.3) is 18.2 Å². The van der Waals surface area contributed by atoms with Gasteiger partial charge in [-0.25, -0.2) is 0 Å². The molecule has 0 fully saturated rings. The molecule has 0 amide bonds. The van der Waals surface area contributed by atoms with Gasteiger partial charge >= 0.3 is 0 Å². The Kier molecular flexibility index (Phi) is 51.4. The van der Waals surface area contributed by atoms with Gasteiger partial charge < -0.3 is 12.0 Å². The number of hydrogen-bond acceptors (Lipinski definition) is 1. The smallest absolute Gasteiger partial charge is 0.0615 e. The number of aliphatic hydroxyl groups excluding tert-OH is 1. The summed E-state index contributed by atoms with van der Waals surface area (Å²) in [5, 5.41) is 8.44. The van der Waals surface area contributed by atoms with Crippen LogP contribution < -0.4 is 0 Å². The van der Waals surface area contributed by atoms with Gasteiger partial charge in [-0.2, -0.15) is 6.42 Å². The van der Waals surface area contributed by atoms with Gasteiger partial charge in [0.05, 0.1) is 6.61 Å². The Morgan fingerprint density at radius 3 is 1.14 bits per heavy atom. The van der Waals surface area contributed by atoms with E-state index in [-0.39, 0.29) is 60.4 Å². The second-order valence-electron chi connectivity index (χ2n) is 6.01. The zero-order valence-electron chi connectivity index (χ0n) is 24.2. The molecule has 3 rings (SSSR count). The molecule has 1 radical (unpaired) electrons. The average molecular weight is 747 g/mol. The number of hydrogen-bond donors (Lipinski definition) is 1. The SMILES string of the molecule is CC.CC.CC.CC=Cc1ccccc1.OCC=Cc1ccccc1.[CH2-]CC=Cc1ccccc1.[W].[Y]. The number of aliphatic hydroxyl groups is 1. The Balaban J connectivity index is -0.000000122. The minimum Gasteiger partial charge on any atom is -0.392 e. The standard InChI is InChI=1S/C10H11.C9H10O.C9H10.3C2H6.W.Y/c1-2-3-7-10-8-5-4-6-9-10;10-8-4-7-9-5-2-1-3-6-9;1-2-6-9-7-4-3-5-8-9;3*1-2;;/h3-9H,1-2H2;1-7,10H,8H2;2-8H,1H3;3*1-2H3;;/q-1;;;;;;;. The summed E-state index contributed by atoms with van der Waals surface area (Å²) in [6.07, 6.45) is 12.7. The van der Waals surface area contributed by atoms with Crippen molar-refractivity contribution < 1.29 is 58.9 Å². The topological polar surface area (TPSA) is 20.2 Å². The quantitative estimate of drug-likeness (QED) is 0.258. The molecule has 0 saturated heterocycles. The molecule has 201 valence electrons. The van der Waals surface area contributed by atoms with Gasteiger partial charge in [-0.3, -0.25) is 0 Å². The molecule has 1 nitrogen and oxygen atoms in total. The number of benzene rings is 3. The predicted molar refractivity (Wildman–Crippen MR) is 163 cm³/mol. The Morgan fingerprint density at radius 2 is 0.865 bits per heavy atom. The van der Waals surface area contributed by atoms with Crippen LogP contribution in [0.15, 0.2) is 109 Å². The summed E-state index contributed by atoms with van der Waals surface area (Å²) in [6.45, 7) is 17.8. The first-order valence-corrected chi connectivity index (χ1v) is 12.8. The molecule has 37 heavy (non-hydrogen) atoms. The van der Waals surface area contributed by atoms with E-state index in [2.05, 4.69) is 49.4 Å². The van der Waals surface area contributed by atoms with E-state index in [0.29, 0.717) is 0 Å². The van der Waals surface area contributed by atoms with Crippen molar-refractivity contribution in [2.45, 2.75) is 54.9 Å². The maximum atomic E-state index is 8.44. The average Bonchev–Trinajstić information content (AvgIpc) is 2.96. The van der Waals surface area contributed by atoms with Crippen LogP contribution >= 0.6 is 0 Å². The zero-order chi connectivity index (χ0) is 27.0. The van der Waals surface area contributed by atoms with Gasteiger partial charge in [0.1, 0.15) is 0 Å². The van der Waals surface area contributed by atoms with Crippen LogP contribution in [0.1, 0.15) is 71.6 Å².